The maximum atomic E-state index is 12.7. The monoisotopic (exact) mass is 192 g/mol. The Morgan fingerprint density at radius 1 is 1.69 bits per heavy atom. The largest absolute Gasteiger partial charge is 0.345 e. The summed E-state index contributed by atoms with van der Waals surface area (Å²) in [6.45, 7) is 1.97. The predicted octanol–water partition coefficient (Wildman–Crippen LogP) is 0.462. The number of nitrogens with one attached hydrogen (secondary N) is 1. The van der Waals surface area contributed by atoms with Crippen molar-refractivity contribution in [3.05, 3.63) is 0 Å². The summed E-state index contributed by atoms with van der Waals surface area (Å²) in [6, 6.07) is -0.708. The van der Waals surface area contributed by atoms with Crippen LogP contribution in [-0.2, 0) is 4.79 Å². The number of amides is 1. The molecule has 0 aromatic carbocycles. The third-order valence-electron chi connectivity index (χ3n) is 2.26. The summed E-state index contributed by atoms with van der Waals surface area (Å²) in [7, 11) is 1.61. The number of carbonyl (C=O) groups is 1. The fourth-order valence-corrected chi connectivity index (χ4v) is 1.31. The third-order valence-corrected chi connectivity index (χ3v) is 2.26. The van der Waals surface area contributed by atoms with Gasteiger partial charge in [-0.05, 0) is 6.92 Å². The Morgan fingerprint density at radius 3 is 2.69 bits per heavy atom. The van der Waals surface area contributed by atoms with Crippen LogP contribution in [0.1, 0.15) is 13.3 Å². The Labute approximate surface area is 76.1 Å². The molecule has 1 aliphatic rings. The molecule has 5 heteroatoms. The topological polar surface area (TPSA) is 32.3 Å². The van der Waals surface area contributed by atoms with E-state index in [1.165, 1.54) is 4.90 Å². The Balaban J connectivity index is 2.51. The summed E-state index contributed by atoms with van der Waals surface area (Å²) in [5.74, 6) is -2.98. The molecular weight excluding hydrogens is 178 g/mol. The third kappa shape index (κ3) is 2.37. The normalized spacial score (nSPS) is 26.0. The molecule has 0 aliphatic carbocycles. The molecule has 1 unspecified atom stereocenters. The molecule has 1 aliphatic heterocycles. The molecule has 0 aromatic heterocycles. The lowest BCUT2D eigenvalue weighted by molar-refractivity contribution is -0.132. The lowest BCUT2D eigenvalue weighted by atomic mass is 10.2. The zero-order valence-electron chi connectivity index (χ0n) is 7.81. The first-order valence-corrected chi connectivity index (χ1v) is 4.32. The van der Waals surface area contributed by atoms with Crippen molar-refractivity contribution in [1.29, 1.82) is 0 Å². The molecule has 1 saturated heterocycles. The van der Waals surface area contributed by atoms with Crippen LogP contribution in [0.15, 0.2) is 0 Å². The van der Waals surface area contributed by atoms with Crippen LogP contribution < -0.4 is 5.32 Å². The first-order chi connectivity index (χ1) is 5.96. The van der Waals surface area contributed by atoms with Gasteiger partial charge < -0.3 is 4.90 Å². The molecule has 0 spiro atoms. The minimum Gasteiger partial charge on any atom is -0.345 e. The summed E-state index contributed by atoms with van der Waals surface area (Å²) >= 11 is 0. The van der Waals surface area contributed by atoms with Crippen LogP contribution in [0.25, 0.3) is 0 Å². The molecule has 3 nitrogen and oxygen atoms in total. The number of nitrogens with zero attached hydrogens (tertiary/aromatic N) is 1. The van der Waals surface area contributed by atoms with Crippen molar-refractivity contribution in [2.45, 2.75) is 25.3 Å². The van der Waals surface area contributed by atoms with Crippen molar-refractivity contribution in [3.63, 3.8) is 0 Å². The highest BCUT2D eigenvalue weighted by Crippen LogP contribution is 2.25. The average Bonchev–Trinajstić information content (AvgIpc) is 2.43. The van der Waals surface area contributed by atoms with E-state index in [1.807, 2.05) is 6.92 Å². The van der Waals surface area contributed by atoms with E-state index < -0.39 is 12.0 Å². The van der Waals surface area contributed by atoms with Crippen molar-refractivity contribution < 1.29 is 13.6 Å². The van der Waals surface area contributed by atoms with Crippen molar-refractivity contribution in [2.75, 3.05) is 20.1 Å². The smallest absolute Gasteiger partial charge is 0.262 e. The van der Waals surface area contributed by atoms with Crippen molar-refractivity contribution in [2.24, 2.45) is 0 Å². The Kier molecular flexibility index (Phi) is 2.85. The van der Waals surface area contributed by atoms with Gasteiger partial charge in [-0.2, -0.15) is 0 Å². The number of likely N-dealkylation sites (N-methyl/N-ethyl adjacent to an activating group) is 1. The second-order valence-corrected chi connectivity index (χ2v) is 3.35. The summed E-state index contributed by atoms with van der Waals surface area (Å²) in [5, 5.41) is 2.52. The quantitative estimate of drug-likeness (QED) is 0.689. The first-order valence-electron chi connectivity index (χ1n) is 4.32. The van der Waals surface area contributed by atoms with Gasteiger partial charge in [-0.3, -0.25) is 10.1 Å². The van der Waals surface area contributed by atoms with Crippen molar-refractivity contribution in [3.8, 4) is 0 Å². The lowest BCUT2D eigenvalue weighted by Gasteiger charge is -2.18. The van der Waals surface area contributed by atoms with E-state index in [0.29, 0.717) is 6.54 Å². The summed E-state index contributed by atoms with van der Waals surface area (Å²) in [4.78, 5) is 12.8. The lowest BCUT2D eigenvalue weighted by Crippen LogP contribution is -2.41. The molecule has 13 heavy (non-hydrogen) atoms. The van der Waals surface area contributed by atoms with E-state index in [1.54, 1.807) is 7.05 Å². The molecule has 1 fully saturated rings. The van der Waals surface area contributed by atoms with E-state index in [-0.39, 0.29) is 18.9 Å². The minimum atomic E-state index is -2.73. The Morgan fingerprint density at radius 2 is 2.31 bits per heavy atom. The average molecular weight is 192 g/mol. The molecule has 76 valence electrons. The zero-order chi connectivity index (χ0) is 10.1. The Hall–Kier alpha value is -0.710. The highest BCUT2D eigenvalue weighted by Gasteiger charge is 2.42. The highest BCUT2D eigenvalue weighted by molar-refractivity contribution is 5.82. The first kappa shape index (κ1) is 10.4. The molecule has 1 rings (SSSR count). The number of rotatable bonds is 2. The van der Waals surface area contributed by atoms with Crippen LogP contribution in [0.2, 0.25) is 0 Å². The number of alkyl halides is 2. The molecule has 0 saturated carbocycles. The van der Waals surface area contributed by atoms with Gasteiger partial charge in [0, 0.05) is 20.0 Å². The second kappa shape index (κ2) is 3.57. The van der Waals surface area contributed by atoms with Gasteiger partial charge in [0.05, 0.1) is 12.6 Å². The molecule has 1 heterocycles. The van der Waals surface area contributed by atoms with Gasteiger partial charge in [-0.15, -0.1) is 0 Å². The summed E-state index contributed by atoms with van der Waals surface area (Å²) in [6.07, 6.45) is -0.379. The minimum absolute atomic E-state index is 0.250. The van der Waals surface area contributed by atoms with Crippen molar-refractivity contribution >= 4 is 5.91 Å². The molecule has 0 radical (unpaired) electrons. The van der Waals surface area contributed by atoms with Crippen LogP contribution in [0.5, 0.6) is 0 Å². The van der Waals surface area contributed by atoms with Gasteiger partial charge >= 0.3 is 0 Å². The standard InChI is InChI=1S/C8H14F2N2O/c1-3-12(2)7(13)6-4-8(9,10)5-11-6/h6,11H,3-5H2,1-2H3. The predicted molar refractivity (Wildman–Crippen MR) is 44.7 cm³/mol. The van der Waals surface area contributed by atoms with Crippen LogP contribution in [0.4, 0.5) is 8.78 Å². The Bertz CT molecular complexity index is 208. The fraction of sp³-hybridized carbons (Fsp3) is 0.875. The zero-order valence-corrected chi connectivity index (χ0v) is 7.81. The SMILES string of the molecule is CCN(C)C(=O)C1CC(F)(F)CN1. The van der Waals surface area contributed by atoms with Gasteiger partial charge in [-0.1, -0.05) is 0 Å². The van der Waals surface area contributed by atoms with Gasteiger partial charge in [0.2, 0.25) is 5.91 Å². The van der Waals surface area contributed by atoms with E-state index in [0.717, 1.165) is 0 Å². The van der Waals surface area contributed by atoms with E-state index in [2.05, 4.69) is 5.32 Å². The molecule has 1 atom stereocenters. The number of halogens is 2. The van der Waals surface area contributed by atoms with E-state index in [9.17, 15) is 13.6 Å². The molecule has 0 aromatic rings. The van der Waals surface area contributed by atoms with E-state index in [4.69, 9.17) is 0 Å². The molecule has 1 amide bonds. The van der Waals surface area contributed by atoms with Crippen LogP contribution in [-0.4, -0.2) is 42.9 Å². The highest BCUT2D eigenvalue weighted by atomic mass is 19.3. The van der Waals surface area contributed by atoms with Gasteiger partial charge in [0.1, 0.15) is 0 Å². The van der Waals surface area contributed by atoms with E-state index >= 15 is 0 Å². The number of hydrogen-bond donors (Lipinski definition) is 1. The molecular formula is C8H14F2N2O. The van der Waals surface area contributed by atoms with Gasteiger partial charge in [0.25, 0.3) is 5.92 Å². The fourth-order valence-electron chi connectivity index (χ4n) is 1.31. The molecule has 1 N–H and O–H groups in total. The maximum Gasteiger partial charge on any atom is 0.262 e. The summed E-state index contributed by atoms with van der Waals surface area (Å²) < 4.78 is 25.4. The van der Waals surface area contributed by atoms with Crippen molar-refractivity contribution in [1.82, 2.24) is 10.2 Å². The van der Waals surface area contributed by atoms with Gasteiger partial charge in [0.15, 0.2) is 0 Å². The second-order valence-electron chi connectivity index (χ2n) is 3.35. The van der Waals surface area contributed by atoms with Gasteiger partial charge in [-0.25, -0.2) is 8.78 Å². The summed E-state index contributed by atoms with van der Waals surface area (Å²) in [5.41, 5.74) is 0. The van der Waals surface area contributed by atoms with Crippen LogP contribution >= 0.6 is 0 Å². The number of hydrogen-bond acceptors (Lipinski definition) is 2. The maximum absolute atomic E-state index is 12.7. The van der Waals surface area contributed by atoms with Crippen LogP contribution in [0, 0.1) is 0 Å². The van der Waals surface area contributed by atoms with Crippen LogP contribution in [0.3, 0.4) is 0 Å². The number of carbonyl (C=O) groups excluding carboxylic acids is 1. The molecule has 0 bridgehead atoms.